The van der Waals surface area contributed by atoms with E-state index in [1.165, 1.54) is 11.1 Å². The summed E-state index contributed by atoms with van der Waals surface area (Å²) < 4.78 is 5.42. The molecule has 0 bridgehead atoms. The van der Waals surface area contributed by atoms with E-state index in [0.29, 0.717) is 6.54 Å². The van der Waals surface area contributed by atoms with Crippen LogP contribution in [-0.4, -0.2) is 27.6 Å². The molecule has 0 fully saturated rings. The lowest BCUT2D eigenvalue weighted by atomic mass is 10.00. The van der Waals surface area contributed by atoms with Crippen molar-refractivity contribution in [2.24, 2.45) is 0 Å². The third kappa shape index (κ3) is 2.62. The Morgan fingerprint density at radius 3 is 2.71 bits per heavy atom. The van der Waals surface area contributed by atoms with E-state index in [2.05, 4.69) is 11.9 Å². The van der Waals surface area contributed by atoms with Crippen LogP contribution in [0.25, 0.3) is 0 Å². The average molecular weight is 236 g/mol. The van der Waals surface area contributed by atoms with Crippen LogP contribution in [0.2, 0.25) is 0 Å². The van der Waals surface area contributed by atoms with E-state index < -0.39 is 5.60 Å². The average Bonchev–Trinajstić information content (AvgIpc) is 2.60. The molecule has 1 aromatic heterocycles. The molecular formula is C13H20N2O2. The first-order valence-electron chi connectivity index (χ1n) is 6.01. The highest BCUT2D eigenvalue weighted by Gasteiger charge is 2.30. The Balaban J connectivity index is 2.10. The Morgan fingerprint density at radius 1 is 1.41 bits per heavy atom. The molecule has 1 atom stereocenters. The van der Waals surface area contributed by atoms with Crippen LogP contribution in [0.1, 0.15) is 38.8 Å². The van der Waals surface area contributed by atoms with Gasteiger partial charge in [-0.15, -0.1) is 0 Å². The van der Waals surface area contributed by atoms with Gasteiger partial charge in [0.25, 0.3) is 0 Å². The Kier molecular flexibility index (Phi) is 2.89. The van der Waals surface area contributed by atoms with Gasteiger partial charge in [-0.1, -0.05) is 0 Å². The first kappa shape index (κ1) is 12.0. The summed E-state index contributed by atoms with van der Waals surface area (Å²) in [7, 11) is 0. The van der Waals surface area contributed by atoms with Crippen molar-refractivity contribution >= 4 is 6.09 Å². The van der Waals surface area contributed by atoms with E-state index in [9.17, 15) is 4.79 Å². The van der Waals surface area contributed by atoms with Crippen molar-refractivity contribution in [1.29, 1.82) is 0 Å². The first-order chi connectivity index (χ1) is 7.87. The van der Waals surface area contributed by atoms with Crippen LogP contribution in [0.3, 0.4) is 0 Å². The molecule has 0 radical (unpaired) electrons. The molecule has 4 heteroatoms. The number of fused-ring (bicyclic) bond motifs is 1. The zero-order chi connectivity index (χ0) is 12.6. The fourth-order valence-electron chi connectivity index (χ4n) is 2.10. The van der Waals surface area contributed by atoms with Gasteiger partial charge >= 0.3 is 6.09 Å². The van der Waals surface area contributed by atoms with Gasteiger partial charge in [0.2, 0.25) is 0 Å². The number of aromatic amines is 1. The third-order valence-corrected chi connectivity index (χ3v) is 2.94. The molecule has 2 rings (SSSR count). The fraction of sp³-hybridized carbons (Fsp3) is 0.615. The van der Waals surface area contributed by atoms with Gasteiger partial charge < -0.3 is 14.6 Å². The summed E-state index contributed by atoms with van der Waals surface area (Å²) in [4.78, 5) is 16.9. The maximum Gasteiger partial charge on any atom is 0.410 e. The van der Waals surface area contributed by atoms with Crippen molar-refractivity contribution in [3.05, 3.63) is 23.5 Å². The molecule has 1 aromatic rings. The van der Waals surface area contributed by atoms with Gasteiger partial charge in [-0.05, 0) is 45.2 Å². The van der Waals surface area contributed by atoms with Gasteiger partial charge in [0.05, 0.1) is 6.54 Å². The molecule has 0 spiro atoms. The summed E-state index contributed by atoms with van der Waals surface area (Å²) in [5.74, 6) is 0. The predicted molar refractivity (Wildman–Crippen MR) is 65.7 cm³/mol. The van der Waals surface area contributed by atoms with Crippen LogP contribution in [0.5, 0.6) is 0 Å². The minimum Gasteiger partial charge on any atom is -0.444 e. The largest absolute Gasteiger partial charge is 0.444 e. The van der Waals surface area contributed by atoms with Gasteiger partial charge in [0, 0.05) is 18.4 Å². The van der Waals surface area contributed by atoms with E-state index >= 15 is 0 Å². The summed E-state index contributed by atoms with van der Waals surface area (Å²) >= 11 is 0. The highest BCUT2D eigenvalue weighted by atomic mass is 16.6. The van der Waals surface area contributed by atoms with Gasteiger partial charge in [0.15, 0.2) is 0 Å². The molecule has 4 nitrogen and oxygen atoms in total. The number of aromatic nitrogens is 1. The molecule has 0 saturated carbocycles. The van der Waals surface area contributed by atoms with Crippen molar-refractivity contribution in [2.75, 3.05) is 0 Å². The van der Waals surface area contributed by atoms with Crippen molar-refractivity contribution in [3.63, 3.8) is 0 Å². The highest BCUT2D eigenvalue weighted by Crippen LogP contribution is 2.24. The second-order valence-electron chi connectivity index (χ2n) is 5.67. The maximum absolute atomic E-state index is 12.0. The van der Waals surface area contributed by atoms with E-state index in [1.54, 1.807) is 4.90 Å². The molecule has 17 heavy (non-hydrogen) atoms. The Labute approximate surface area is 102 Å². The van der Waals surface area contributed by atoms with Crippen LogP contribution in [0.4, 0.5) is 4.79 Å². The topological polar surface area (TPSA) is 45.3 Å². The molecule has 1 aliphatic rings. The second-order valence-corrected chi connectivity index (χ2v) is 5.67. The van der Waals surface area contributed by atoms with Gasteiger partial charge in [-0.25, -0.2) is 4.79 Å². The van der Waals surface area contributed by atoms with Crippen LogP contribution in [-0.2, 0) is 17.7 Å². The molecular weight excluding hydrogens is 216 g/mol. The fourth-order valence-corrected chi connectivity index (χ4v) is 2.10. The Morgan fingerprint density at radius 2 is 2.06 bits per heavy atom. The van der Waals surface area contributed by atoms with Gasteiger partial charge in [-0.3, -0.25) is 0 Å². The summed E-state index contributed by atoms with van der Waals surface area (Å²) in [5.41, 5.74) is 2.06. The summed E-state index contributed by atoms with van der Waals surface area (Å²) in [5, 5.41) is 0. The van der Waals surface area contributed by atoms with Crippen LogP contribution in [0.15, 0.2) is 12.4 Å². The number of nitrogens with zero attached hydrogens (tertiary/aromatic N) is 1. The van der Waals surface area contributed by atoms with E-state index in [-0.39, 0.29) is 12.1 Å². The molecule has 0 saturated heterocycles. The molecule has 94 valence electrons. The zero-order valence-corrected chi connectivity index (χ0v) is 10.9. The standard InChI is InChI=1S/C13H20N2O2/c1-9-5-10-6-14-7-11(10)8-15(9)12(16)17-13(2,3)4/h6-7,9,14H,5,8H2,1-4H3. The van der Waals surface area contributed by atoms with Crippen LogP contribution >= 0.6 is 0 Å². The normalized spacial score (nSPS) is 20.0. The zero-order valence-electron chi connectivity index (χ0n) is 10.9. The molecule has 1 N–H and O–H groups in total. The number of H-pyrrole nitrogens is 1. The van der Waals surface area contributed by atoms with Crippen molar-refractivity contribution in [3.8, 4) is 0 Å². The van der Waals surface area contributed by atoms with Crippen molar-refractivity contribution in [2.45, 2.75) is 52.3 Å². The number of ether oxygens (including phenoxy) is 1. The number of hydrogen-bond acceptors (Lipinski definition) is 2. The molecule has 1 aliphatic heterocycles. The Hall–Kier alpha value is -1.45. The molecule has 2 heterocycles. The lowest BCUT2D eigenvalue weighted by Crippen LogP contribution is -2.44. The van der Waals surface area contributed by atoms with Crippen LogP contribution in [0, 0.1) is 0 Å². The number of hydrogen-bond donors (Lipinski definition) is 1. The molecule has 1 unspecified atom stereocenters. The lowest BCUT2D eigenvalue weighted by Gasteiger charge is -2.34. The monoisotopic (exact) mass is 236 g/mol. The number of carbonyl (C=O) groups is 1. The maximum atomic E-state index is 12.0. The molecule has 1 amide bonds. The first-order valence-corrected chi connectivity index (χ1v) is 6.01. The number of amides is 1. The summed E-state index contributed by atoms with van der Waals surface area (Å²) in [6, 6.07) is 0.188. The summed E-state index contributed by atoms with van der Waals surface area (Å²) in [6.45, 7) is 8.36. The minimum absolute atomic E-state index is 0.188. The van der Waals surface area contributed by atoms with E-state index in [4.69, 9.17) is 4.74 Å². The highest BCUT2D eigenvalue weighted by molar-refractivity contribution is 5.69. The van der Waals surface area contributed by atoms with E-state index in [1.807, 2.05) is 33.2 Å². The van der Waals surface area contributed by atoms with Crippen molar-refractivity contribution in [1.82, 2.24) is 9.88 Å². The number of nitrogens with one attached hydrogen (secondary N) is 1. The van der Waals surface area contributed by atoms with Gasteiger partial charge in [0.1, 0.15) is 5.60 Å². The van der Waals surface area contributed by atoms with Crippen LogP contribution < -0.4 is 0 Å². The smallest absolute Gasteiger partial charge is 0.410 e. The Bertz CT molecular complexity index is 417. The molecule has 0 aliphatic carbocycles. The van der Waals surface area contributed by atoms with E-state index in [0.717, 1.165) is 6.42 Å². The van der Waals surface area contributed by atoms with Crippen molar-refractivity contribution < 1.29 is 9.53 Å². The number of carbonyl (C=O) groups excluding carboxylic acids is 1. The lowest BCUT2D eigenvalue weighted by molar-refractivity contribution is 0.0139. The van der Waals surface area contributed by atoms with Gasteiger partial charge in [-0.2, -0.15) is 0 Å². The second kappa shape index (κ2) is 4.09. The number of rotatable bonds is 0. The quantitative estimate of drug-likeness (QED) is 0.752. The predicted octanol–water partition coefficient (Wildman–Crippen LogP) is 2.70. The third-order valence-electron chi connectivity index (χ3n) is 2.94. The summed E-state index contributed by atoms with van der Waals surface area (Å²) in [6.07, 6.45) is 4.63. The SMILES string of the molecule is CC1Cc2c[nH]cc2CN1C(=O)OC(C)(C)C. The minimum atomic E-state index is -0.435. The molecule has 0 aromatic carbocycles.